The van der Waals surface area contributed by atoms with Crippen LogP contribution in [0, 0.1) is 0 Å². The highest BCUT2D eigenvalue weighted by atomic mass is 35.5. The maximum absolute atomic E-state index is 11.3. The van der Waals surface area contributed by atoms with Gasteiger partial charge in [0.05, 0.1) is 16.3 Å². The van der Waals surface area contributed by atoms with E-state index < -0.39 is 5.97 Å². The van der Waals surface area contributed by atoms with E-state index in [4.69, 9.17) is 11.6 Å². The molecule has 1 N–H and O–H groups in total. The van der Waals surface area contributed by atoms with Gasteiger partial charge in [-0.1, -0.05) is 31.5 Å². The average Bonchev–Trinajstić information content (AvgIpc) is 2.81. The van der Waals surface area contributed by atoms with Crippen LogP contribution in [0.3, 0.4) is 0 Å². The highest BCUT2D eigenvalue weighted by Crippen LogP contribution is 2.25. The van der Waals surface area contributed by atoms with E-state index in [1.165, 1.54) is 10.7 Å². The van der Waals surface area contributed by atoms with Gasteiger partial charge in [-0.3, -0.25) is 0 Å². The zero-order valence-electron chi connectivity index (χ0n) is 10.7. The van der Waals surface area contributed by atoms with Crippen molar-refractivity contribution in [1.82, 2.24) is 14.8 Å². The molecule has 6 heteroatoms. The summed E-state index contributed by atoms with van der Waals surface area (Å²) in [6, 6.07) is 4.77. The van der Waals surface area contributed by atoms with Crippen LogP contribution in [0.5, 0.6) is 0 Å². The van der Waals surface area contributed by atoms with E-state index in [1.54, 1.807) is 12.1 Å². The third kappa shape index (κ3) is 2.46. The van der Waals surface area contributed by atoms with Crippen LogP contribution in [0.1, 0.15) is 35.9 Å². The molecule has 0 bridgehead atoms. The second-order valence-corrected chi connectivity index (χ2v) is 4.41. The van der Waals surface area contributed by atoms with Crippen LogP contribution in [0.2, 0.25) is 5.02 Å². The van der Waals surface area contributed by atoms with Crippen LogP contribution in [0.4, 0.5) is 0 Å². The fraction of sp³-hybridized carbons (Fsp3) is 0.308. The second-order valence-electron chi connectivity index (χ2n) is 4.00. The number of aromatic carboxylic acids is 1. The van der Waals surface area contributed by atoms with E-state index in [0.717, 1.165) is 0 Å². The van der Waals surface area contributed by atoms with Gasteiger partial charge in [-0.25, -0.2) is 14.5 Å². The maximum Gasteiger partial charge on any atom is 0.337 e. The van der Waals surface area contributed by atoms with E-state index in [9.17, 15) is 9.90 Å². The number of hydrogen-bond acceptors (Lipinski definition) is 3. The summed E-state index contributed by atoms with van der Waals surface area (Å²) in [5, 5.41) is 13.9. The Bertz CT molecular complexity index is 622. The van der Waals surface area contributed by atoms with Crippen LogP contribution in [-0.2, 0) is 12.8 Å². The summed E-state index contributed by atoms with van der Waals surface area (Å²) in [6.45, 7) is 3.89. The smallest absolute Gasteiger partial charge is 0.337 e. The van der Waals surface area contributed by atoms with Crippen molar-refractivity contribution in [3.05, 3.63) is 40.4 Å². The molecule has 1 aromatic carbocycles. The largest absolute Gasteiger partial charge is 0.478 e. The lowest BCUT2D eigenvalue weighted by Gasteiger charge is -2.10. The molecule has 0 atom stereocenters. The number of rotatable bonds is 4. The summed E-state index contributed by atoms with van der Waals surface area (Å²) in [7, 11) is 0. The summed E-state index contributed by atoms with van der Waals surface area (Å²) < 4.78 is 1.53. The van der Waals surface area contributed by atoms with Crippen molar-refractivity contribution in [3.63, 3.8) is 0 Å². The highest BCUT2D eigenvalue weighted by Gasteiger charge is 2.19. The van der Waals surface area contributed by atoms with Gasteiger partial charge in [-0.15, -0.1) is 0 Å². The molecular formula is C13H14ClN3O2. The number of carboxylic acid groups (broad SMARTS) is 1. The quantitative estimate of drug-likeness (QED) is 0.934. The minimum Gasteiger partial charge on any atom is -0.478 e. The van der Waals surface area contributed by atoms with Gasteiger partial charge in [-0.2, -0.15) is 5.10 Å². The van der Waals surface area contributed by atoms with Gasteiger partial charge in [0.1, 0.15) is 5.82 Å². The van der Waals surface area contributed by atoms with Gasteiger partial charge >= 0.3 is 5.97 Å². The zero-order valence-corrected chi connectivity index (χ0v) is 11.5. The number of benzene rings is 1. The predicted molar refractivity (Wildman–Crippen MR) is 72.1 cm³/mol. The molecule has 0 unspecified atom stereocenters. The lowest BCUT2D eigenvalue weighted by molar-refractivity contribution is 0.0696. The van der Waals surface area contributed by atoms with Crippen LogP contribution in [0.15, 0.2) is 18.2 Å². The molecule has 0 spiro atoms. The molecule has 2 aromatic rings. The Kier molecular flexibility index (Phi) is 3.85. The molecule has 0 amide bonds. The number of para-hydroxylation sites is 1. The van der Waals surface area contributed by atoms with E-state index in [2.05, 4.69) is 10.1 Å². The molecule has 1 heterocycles. The Morgan fingerprint density at radius 1 is 1.37 bits per heavy atom. The maximum atomic E-state index is 11.3. The molecule has 0 saturated carbocycles. The molecule has 5 nitrogen and oxygen atoms in total. The topological polar surface area (TPSA) is 68.0 Å². The molecule has 1 aromatic heterocycles. The normalized spacial score (nSPS) is 10.7. The third-order valence-corrected chi connectivity index (χ3v) is 3.08. The summed E-state index contributed by atoms with van der Waals surface area (Å²) in [5.41, 5.74) is 0.496. The van der Waals surface area contributed by atoms with Crippen LogP contribution in [-0.4, -0.2) is 25.8 Å². The fourth-order valence-electron chi connectivity index (χ4n) is 1.85. The van der Waals surface area contributed by atoms with E-state index in [-0.39, 0.29) is 5.56 Å². The molecule has 100 valence electrons. The first-order chi connectivity index (χ1) is 9.08. The van der Waals surface area contributed by atoms with Crippen molar-refractivity contribution in [3.8, 4) is 5.69 Å². The number of carboxylic acids is 1. The molecule has 19 heavy (non-hydrogen) atoms. The van der Waals surface area contributed by atoms with Crippen LogP contribution < -0.4 is 0 Å². The minimum atomic E-state index is -1.03. The Labute approximate surface area is 115 Å². The Balaban J connectivity index is 2.70. The lowest BCUT2D eigenvalue weighted by Crippen LogP contribution is -2.10. The number of halogens is 1. The van der Waals surface area contributed by atoms with Crippen molar-refractivity contribution in [2.75, 3.05) is 0 Å². The Morgan fingerprint density at radius 2 is 2.11 bits per heavy atom. The molecule has 0 aliphatic rings. The van der Waals surface area contributed by atoms with E-state index >= 15 is 0 Å². The van der Waals surface area contributed by atoms with Crippen molar-refractivity contribution in [2.45, 2.75) is 26.7 Å². The second kappa shape index (κ2) is 5.40. The number of hydrogen-bond donors (Lipinski definition) is 1. The first-order valence-electron chi connectivity index (χ1n) is 6.05. The van der Waals surface area contributed by atoms with Gasteiger partial charge in [0.25, 0.3) is 0 Å². The molecule has 0 radical (unpaired) electrons. The van der Waals surface area contributed by atoms with Crippen molar-refractivity contribution in [2.24, 2.45) is 0 Å². The zero-order chi connectivity index (χ0) is 14.0. The minimum absolute atomic E-state index is 0.120. The predicted octanol–water partition coefficient (Wildman–Crippen LogP) is 2.74. The molecule has 0 fully saturated rings. The molecule has 0 aliphatic heterocycles. The van der Waals surface area contributed by atoms with Crippen LogP contribution in [0.25, 0.3) is 5.69 Å². The number of aromatic nitrogens is 3. The standard InChI is InChI=1S/C13H14ClN3O2/c1-3-10-15-11(4-2)17(16-10)12-8(13(18)19)6-5-7-9(12)14/h5-7H,3-4H2,1-2H3,(H,18,19). The van der Waals surface area contributed by atoms with Crippen molar-refractivity contribution >= 4 is 17.6 Å². The van der Waals surface area contributed by atoms with E-state index in [1.807, 2.05) is 13.8 Å². The first kappa shape index (κ1) is 13.5. The highest BCUT2D eigenvalue weighted by molar-refractivity contribution is 6.33. The third-order valence-electron chi connectivity index (χ3n) is 2.78. The number of carbonyl (C=O) groups is 1. The van der Waals surface area contributed by atoms with Gasteiger partial charge in [0, 0.05) is 12.8 Å². The SMILES string of the molecule is CCc1nc(CC)n(-c2c(Cl)cccc2C(=O)O)n1. The number of aryl methyl sites for hydroxylation is 2. The van der Waals surface area contributed by atoms with Gasteiger partial charge in [-0.05, 0) is 12.1 Å². The molecule has 0 saturated heterocycles. The average molecular weight is 280 g/mol. The fourth-order valence-corrected chi connectivity index (χ4v) is 2.11. The summed E-state index contributed by atoms with van der Waals surface area (Å²) in [4.78, 5) is 15.7. The summed E-state index contributed by atoms with van der Waals surface area (Å²) >= 11 is 6.14. The summed E-state index contributed by atoms with van der Waals surface area (Å²) in [5.74, 6) is 0.341. The Morgan fingerprint density at radius 3 is 2.68 bits per heavy atom. The lowest BCUT2D eigenvalue weighted by atomic mass is 10.2. The first-order valence-corrected chi connectivity index (χ1v) is 6.43. The van der Waals surface area contributed by atoms with Crippen LogP contribution >= 0.6 is 11.6 Å². The molecular weight excluding hydrogens is 266 g/mol. The monoisotopic (exact) mass is 279 g/mol. The molecule has 0 aliphatic carbocycles. The summed E-state index contributed by atoms with van der Waals surface area (Å²) in [6.07, 6.45) is 1.34. The van der Waals surface area contributed by atoms with Gasteiger partial charge < -0.3 is 5.11 Å². The molecule has 2 rings (SSSR count). The van der Waals surface area contributed by atoms with Gasteiger partial charge in [0.2, 0.25) is 0 Å². The van der Waals surface area contributed by atoms with Gasteiger partial charge in [0.15, 0.2) is 5.82 Å². The van der Waals surface area contributed by atoms with Crippen molar-refractivity contribution < 1.29 is 9.90 Å². The Hall–Kier alpha value is -1.88. The number of nitrogens with zero attached hydrogens (tertiary/aromatic N) is 3. The van der Waals surface area contributed by atoms with Crippen molar-refractivity contribution in [1.29, 1.82) is 0 Å². The van der Waals surface area contributed by atoms with E-state index in [0.29, 0.717) is 35.2 Å².